The van der Waals surface area contributed by atoms with E-state index in [0.29, 0.717) is 6.42 Å². The number of rotatable bonds is 3. The van der Waals surface area contributed by atoms with Crippen LogP contribution in [0, 0.1) is 13.8 Å². The molecule has 0 spiro atoms. The van der Waals surface area contributed by atoms with Crippen molar-refractivity contribution in [1.82, 2.24) is 0 Å². The van der Waals surface area contributed by atoms with Crippen LogP contribution in [0.3, 0.4) is 0 Å². The van der Waals surface area contributed by atoms with E-state index >= 15 is 0 Å². The molecule has 2 aromatic rings. The van der Waals surface area contributed by atoms with Crippen LogP contribution in [0.2, 0.25) is 0 Å². The summed E-state index contributed by atoms with van der Waals surface area (Å²) in [7, 11) is 0. The van der Waals surface area contributed by atoms with Gasteiger partial charge in [0.25, 0.3) is 0 Å². The second kappa shape index (κ2) is 6.03. The Hall–Kier alpha value is -1.60. The van der Waals surface area contributed by atoms with Crippen LogP contribution >= 0.6 is 0 Å². The molecule has 1 N–H and O–H groups in total. The fourth-order valence-electron chi connectivity index (χ4n) is 2.99. The fraction of sp³-hybridized carbons (Fsp3) is 0.400. The van der Waals surface area contributed by atoms with Gasteiger partial charge in [0.15, 0.2) is 0 Å². The normalized spacial score (nSPS) is 13.2. The van der Waals surface area contributed by atoms with Crippen molar-refractivity contribution in [3.8, 4) is 0 Å². The van der Waals surface area contributed by atoms with Crippen molar-refractivity contribution >= 4 is 0 Å². The molecule has 0 aliphatic rings. The summed E-state index contributed by atoms with van der Waals surface area (Å²) in [6.45, 7) is 10.8. The van der Waals surface area contributed by atoms with Gasteiger partial charge in [0.05, 0.1) is 6.10 Å². The molecule has 21 heavy (non-hydrogen) atoms. The van der Waals surface area contributed by atoms with Crippen LogP contribution in [-0.4, -0.2) is 5.11 Å². The van der Waals surface area contributed by atoms with Crippen LogP contribution in [0.15, 0.2) is 42.5 Å². The minimum atomic E-state index is -0.457. The van der Waals surface area contributed by atoms with Gasteiger partial charge in [-0.25, -0.2) is 0 Å². The van der Waals surface area contributed by atoms with E-state index in [-0.39, 0.29) is 5.41 Å². The first-order chi connectivity index (χ1) is 9.77. The molecular weight excluding hydrogens is 256 g/mol. The summed E-state index contributed by atoms with van der Waals surface area (Å²) in [5.74, 6) is 0. The van der Waals surface area contributed by atoms with E-state index in [1.54, 1.807) is 0 Å². The maximum absolute atomic E-state index is 10.7. The molecule has 1 heteroatoms. The smallest absolute Gasteiger partial charge is 0.0833 e. The molecule has 1 unspecified atom stereocenters. The number of hydrogen-bond acceptors (Lipinski definition) is 1. The van der Waals surface area contributed by atoms with Gasteiger partial charge in [0.2, 0.25) is 0 Å². The van der Waals surface area contributed by atoms with Crippen molar-refractivity contribution in [2.24, 2.45) is 0 Å². The van der Waals surface area contributed by atoms with E-state index in [4.69, 9.17) is 0 Å². The van der Waals surface area contributed by atoms with Crippen molar-refractivity contribution in [2.45, 2.75) is 52.6 Å². The van der Waals surface area contributed by atoms with E-state index in [9.17, 15) is 5.11 Å². The van der Waals surface area contributed by atoms with Gasteiger partial charge in [0, 0.05) is 6.42 Å². The Balaban J connectivity index is 2.31. The molecular formula is C20H26O. The first-order valence-electron chi connectivity index (χ1n) is 7.62. The molecule has 0 bridgehead atoms. The van der Waals surface area contributed by atoms with Crippen LogP contribution in [-0.2, 0) is 11.8 Å². The van der Waals surface area contributed by atoms with Gasteiger partial charge in [-0.05, 0) is 36.0 Å². The summed E-state index contributed by atoms with van der Waals surface area (Å²) in [4.78, 5) is 0. The quantitative estimate of drug-likeness (QED) is 0.851. The number of aryl methyl sites for hydroxylation is 2. The van der Waals surface area contributed by atoms with Crippen molar-refractivity contribution < 1.29 is 5.11 Å². The van der Waals surface area contributed by atoms with E-state index in [1.165, 1.54) is 22.3 Å². The summed E-state index contributed by atoms with van der Waals surface area (Å²) < 4.78 is 0. The minimum absolute atomic E-state index is 0.0418. The van der Waals surface area contributed by atoms with Crippen molar-refractivity contribution in [3.63, 3.8) is 0 Å². The lowest BCUT2D eigenvalue weighted by molar-refractivity contribution is 0.176. The molecule has 0 saturated carbocycles. The molecule has 0 aliphatic carbocycles. The van der Waals surface area contributed by atoms with Crippen LogP contribution in [0.1, 0.15) is 54.7 Å². The fourth-order valence-corrected chi connectivity index (χ4v) is 2.99. The topological polar surface area (TPSA) is 20.2 Å². The third-order valence-corrected chi connectivity index (χ3v) is 3.84. The Morgan fingerprint density at radius 3 is 2.10 bits per heavy atom. The van der Waals surface area contributed by atoms with Gasteiger partial charge in [-0.3, -0.25) is 0 Å². The van der Waals surface area contributed by atoms with Gasteiger partial charge >= 0.3 is 0 Å². The summed E-state index contributed by atoms with van der Waals surface area (Å²) >= 11 is 0. The highest BCUT2D eigenvalue weighted by atomic mass is 16.3. The molecule has 0 heterocycles. The Morgan fingerprint density at radius 1 is 0.952 bits per heavy atom. The van der Waals surface area contributed by atoms with Crippen LogP contribution in [0.5, 0.6) is 0 Å². The lowest BCUT2D eigenvalue weighted by atomic mass is 9.81. The second-order valence-corrected chi connectivity index (χ2v) is 7.05. The van der Waals surface area contributed by atoms with Crippen molar-refractivity contribution in [1.29, 1.82) is 0 Å². The molecule has 0 fully saturated rings. The Bertz CT molecular complexity index is 600. The summed E-state index contributed by atoms with van der Waals surface area (Å²) in [6, 6.07) is 14.7. The van der Waals surface area contributed by atoms with Crippen molar-refractivity contribution in [2.75, 3.05) is 0 Å². The highest BCUT2D eigenvalue weighted by Crippen LogP contribution is 2.31. The molecule has 0 aromatic heterocycles. The molecule has 1 atom stereocenters. The first-order valence-corrected chi connectivity index (χ1v) is 7.62. The van der Waals surface area contributed by atoms with Gasteiger partial charge in [-0.1, -0.05) is 74.4 Å². The van der Waals surface area contributed by atoms with Gasteiger partial charge in [0.1, 0.15) is 0 Å². The average molecular weight is 282 g/mol. The predicted octanol–water partition coefficient (Wildman–Crippen LogP) is 4.88. The molecule has 0 radical (unpaired) electrons. The minimum Gasteiger partial charge on any atom is -0.388 e. The van der Waals surface area contributed by atoms with Gasteiger partial charge in [-0.15, -0.1) is 0 Å². The largest absolute Gasteiger partial charge is 0.388 e. The molecule has 112 valence electrons. The summed E-state index contributed by atoms with van der Waals surface area (Å²) in [6.07, 6.45) is 0.205. The zero-order valence-corrected chi connectivity index (χ0v) is 13.8. The first kappa shape index (κ1) is 15.8. The lowest BCUT2D eigenvalue weighted by Crippen LogP contribution is -2.17. The van der Waals surface area contributed by atoms with Gasteiger partial charge in [-0.2, -0.15) is 0 Å². The van der Waals surface area contributed by atoms with Gasteiger partial charge < -0.3 is 5.11 Å². The standard InChI is InChI=1S/C20H26O/c1-14-10-15(2)12-16(11-14)13-19(21)17-8-6-7-9-18(17)20(3,4)5/h6-12,19,21H,13H2,1-5H3. The Kier molecular flexibility index (Phi) is 4.53. The number of hydrogen-bond donors (Lipinski definition) is 1. The van der Waals surface area contributed by atoms with Crippen LogP contribution in [0.4, 0.5) is 0 Å². The predicted molar refractivity (Wildman–Crippen MR) is 89.7 cm³/mol. The SMILES string of the molecule is Cc1cc(C)cc(CC(O)c2ccccc2C(C)(C)C)c1. The number of aliphatic hydroxyl groups excluding tert-OH is 1. The zero-order chi connectivity index (χ0) is 15.6. The average Bonchev–Trinajstić information content (AvgIpc) is 2.36. The van der Waals surface area contributed by atoms with Crippen LogP contribution in [0.25, 0.3) is 0 Å². The molecule has 2 rings (SSSR count). The number of aliphatic hydroxyl groups is 1. The zero-order valence-electron chi connectivity index (χ0n) is 13.8. The Morgan fingerprint density at radius 2 is 1.52 bits per heavy atom. The monoisotopic (exact) mass is 282 g/mol. The Labute approximate surface area is 128 Å². The second-order valence-electron chi connectivity index (χ2n) is 7.05. The molecule has 1 nitrogen and oxygen atoms in total. The lowest BCUT2D eigenvalue weighted by Gasteiger charge is -2.25. The summed E-state index contributed by atoms with van der Waals surface area (Å²) in [5, 5.41) is 10.7. The van der Waals surface area contributed by atoms with Crippen molar-refractivity contribution in [3.05, 3.63) is 70.3 Å². The van der Waals surface area contributed by atoms with E-state index in [0.717, 1.165) is 5.56 Å². The maximum atomic E-state index is 10.7. The van der Waals surface area contributed by atoms with E-state index in [1.807, 2.05) is 18.2 Å². The highest BCUT2D eigenvalue weighted by Gasteiger charge is 2.21. The molecule has 0 amide bonds. The molecule has 0 aliphatic heterocycles. The summed E-state index contributed by atoms with van der Waals surface area (Å²) in [5.41, 5.74) is 6.01. The van der Waals surface area contributed by atoms with E-state index in [2.05, 4.69) is 58.9 Å². The van der Waals surface area contributed by atoms with E-state index < -0.39 is 6.10 Å². The third kappa shape index (κ3) is 3.95. The molecule has 2 aromatic carbocycles. The number of benzene rings is 2. The highest BCUT2D eigenvalue weighted by molar-refractivity contribution is 5.36. The third-order valence-electron chi connectivity index (χ3n) is 3.84. The molecule has 0 saturated heterocycles. The van der Waals surface area contributed by atoms with Crippen LogP contribution < -0.4 is 0 Å². The maximum Gasteiger partial charge on any atom is 0.0833 e.